The normalized spacial score (nSPS) is 24.0. The number of aromatic nitrogens is 5. The van der Waals surface area contributed by atoms with Crippen molar-refractivity contribution in [2.24, 2.45) is 0 Å². The lowest BCUT2D eigenvalue weighted by atomic mass is 10.1. The van der Waals surface area contributed by atoms with Gasteiger partial charge in [0.05, 0.1) is 23.2 Å². The number of hydrogen-bond acceptors (Lipinski definition) is 11. The number of thiazole rings is 1. The van der Waals surface area contributed by atoms with Crippen molar-refractivity contribution < 1.29 is 20.1 Å². The van der Waals surface area contributed by atoms with Gasteiger partial charge in [-0.05, 0) is 30.7 Å². The second-order valence-electron chi connectivity index (χ2n) is 7.70. The molecular weight excluding hydrogens is 488 g/mol. The lowest BCUT2D eigenvalue weighted by molar-refractivity contribution is -0.0511. The molecule has 0 bridgehead atoms. The Kier molecular flexibility index (Phi) is 6.40. The summed E-state index contributed by atoms with van der Waals surface area (Å²) in [5.41, 5.74) is 1.79. The standard InChI is InChI=1S/C20H21ClN6O4S2/c1-9(7-32-20-24-10-4-2-3-5-12(10)33-20)23-16-13-17(26-19(21)25-16)27(8-22-13)18-15(30)14(29)11(6-28)31-18/h2-5,8-9,11,14-15,18,28-30H,6-7H2,1H3,(H,23,25,26)/t9-,11+,14?,15?,18+/m0/s1. The second kappa shape index (κ2) is 9.29. The monoisotopic (exact) mass is 508 g/mol. The van der Waals surface area contributed by atoms with Crippen LogP contribution in [0.1, 0.15) is 13.2 Å². The highest BCUT2D eigenvalue weighted by Crippen LogP contribution is 2.33. The van der Waals surface area contributed by atoms with Gasteiger partial charge in [0.2, 0.25) is 5.28 Å². The SMILES string of the molecule is C[C@@H](CSc1nc2ccccc2s1)Nc1nc(Cl)nc2c1ncn2[C@@H]1O[C@H](CO)C(O)C1O. The average molecular weight is 509 g/mol. The highest BCUT2D eigenvalue weighted by atomic mass is 35.5. The zero-order chi connectivity index (χ0) is 23.1. The average Bonchev–Trinajstić information content (AvgIpc) is 3.48. The Bertz CT molecular complexity index is 1250. The molecule has 0 spiro atoms. The van der Waals surface area contributed by atoms with Gasteiger partial charge in [-0.3, -0.25) is 4.57 Å². The van der Waals surface area contributed by atoms with Crippen LogP contribution >= 0.6 is 34.7 Å². The summed E-state index contributed by atoms with van der Waals surface area (Å²) >= 11 is 9.48. The predicted molar refractivity (Wildman–Crippen MR) is 127 cm³/mol. The van der Waals surface area contributed by atoms with Crippen LogP contribution in [-0.4, -0.2) is 76.5 Å². The first kappa shape index (κ1) is 22.7. The van der Waals surface area contributed by atoms with Gasteiger partial charge >= 0.3 is 0 Å². The van der Waals surface area contributed by atoms with Crippen molar-refractivity contribution >= 4 is 61.9 Å². The molecule has 174 valence electrons. The van der Waals surface area contributed by atoms with E-state index in [2.05, 4.69) is 31.3 Å². The highest BCUT2D eigenvalue weighted by molar-refractivity contribution is 8.01. The largest absolute Gasteiger partial charge is 0.394 e. The number of aliphatic hydroxyl groups excluding tert-OH is 3. The first-order chi connectivity index (χ1) is 15.9. The van der Waals surface area contributed by atoms with Gasteiger partial charge in [0.25, 0.3) is 0 Å². The maximum atomic E-state index is 10.4. The molecule has 1 aliphatic heterocycles. The van der Waals surface area contributed by atoms with Crippen molar-refractivity contribution in [2.45, 2.75) is 41.8 Å². The van der Waals surface area contributed by atoms with Gasteiger partial charge in [-0.15, -0.1) is 11.3 Å². The van der Waals surface area contributed by atoms with E-state index >= 15 is 0 Å². The molecule has 0 amide bonds. The van der Waals surface area contributed by atoms with Gasteiger partial charge in [0.1, 0.15) is 18.3 Å². The predicted octanol–water partition coefficient (Wildman–Crippen LogP) is 2.29. The van der Waals surface area contributed by atoms with Crippen LogP contribution in [0.2, 0.25) is 5.28 Å². The van der Waals surface area contributed by atoms with Crippen molar-refractivity contribution in [2.75, 3.05) is 17.7 Å². The number of aliphatic hydroxyl groups is 3. The molecule has 4 N–H and O–H groups in total. The molecule has 5 rings (SSSR count). The number of halogens is 1. The number of rotatable bonds is 7. The third kappa shape index (κ3) is 4.39. The zero-order valence-corrected chi connectivity index (χ0v) is 19.8. The summed E-state index contributed by atoms with van der Waals surface area (Å²) in [5.74, 6) is 1.19. The molecule has 0 aliphatic carbocycles. The second-order valence-corrected chi connectivity index (χ2v) is 10.3. The smallest absolute Gasteiger partial charge is 0.226 e. The van der Waals surface area contributed by atoms with Crippen LogP contribution in [0.15, 0.2) is 34.9 Å². The molecule has 4 heterocycles. The molecule has 1 aliphatic rings. The molecule has 0 radical (unpaired) electrons. The molecule has 1 saturated heterocycles. The lowest BCUT2D eigenvalue weighted by Crippen LogP contribution is -2.33. The minimum atomic E-state index is -1.26. The van der Waals surface area contributed by atoms with Gasteiger partial charge < -0.3 is 25.4 Å². The zero-order valence-electron chi connectivity index (χ0n) is 17.4. The molecule has 5 atom stereocenters. The summed E-state index contributed by atoms with van der Waals surface area (Å²) in [4.78, 5) is 17.6. The van der Waals surface area contributed by atoms with E-state index in [0.29, 0.717) is 17.0 Å². The molecule has 33 heavy (non-hydrogen) atoms. The summed E-state index contributed by atoms with van der Waals surface area (Å²) in [6, 6.07) is 8.05. The van der Waals surface area contributed by atoms with E-state index in [-0.39, 0.29) is 11.3 Å². The van der Waals surface area contributed by atoms with E-state index in [0.717, 1.165) is 20.3 Å². The van der Waals surface area contributed by atoms with Crippen LogP contribution < -0.4 is 5.32 Å². The van der Waals surface area contributed by atoms with E-state index < -0.39 is 31.1 Å². The fourth-order valence-electron chi connectivity index (χ4n) is 3.67. The number of nitrogens with one attached hydrogen (secondary N) is 1. The lowest BCUT2D eigenvalue weighted by Gasteiger charge is -2.17. The summed E-state index contributed by atoms with van der Waals surface area (Å²) in [6.45, 7) is 1.60. The third-order valence-corrected chi connectivity index (χ3v) is 7.91. The number of thioether (sulfide) groups is 1. The molecule has 1 aromatic carbocycles. The van der Waals surface area contributed by atoms with Crippen LogP contribution in [-0.2, 0) is 4.74 Å². The molecule has 13 heteroatoms. The van der Waals surface area contributed by atoms with Gasteiger partial charge in [-0.1, -0.05) is 23.9 Å². The Morgan fingerprint density at radius 1 is 1.24 bits per heavy atom. The number of ether oxygens (including phenoxy) is 1. The van der Waals surface area contributed by atoms with Crippen molar-refractivity contribution in [1.82, 2.24) is 24.5 Å². The highest BCUT2D eigenvalue weighted by Gasteiger charge is 2.44. The van der Waals surface area contributed by atoms with Crippen molar-refractivity contribution in [3.63, 3.8) is 0 Å². The Balaban J connectivity index is 1.34. The molecular formula is C20H21ClN6O4S2. The Labute approximate surface area is 201 Å². The minimum Gasteiger partial charge on any atom is -0.394 e. The fourth-order valence-corrected chi connectivity index (χ4v) is 5.88. The Morgan fingerprint density at radius 2 is 2.06 bits per heavy atom. The molecule has 1 fully saturated rings. The maximum absolute atomic E-state index is 10.4. The molecule has 0 saturated carbocycles. The summed E-state index contributed by atoms with van der Waals surface area (Å²) in [6.07, 6.45) is -2.91. The van der Waals surface area contributed by atoms with Crippen molar-refractivity contribution in [1.29, 1.82) is 0 Å². The minimum absolute atomic E-state index is 0.00418. The van der Waals surface area contributed by atoms with Crippen LogP contribution in [0.5, 0.6) is 0 Å². The number of anilines is 1. The first-order valence-electron chi connectivity index (χ1n) is 10.2. The van der Waals surface area contributed by atoms with E-state index in [4.69, 9.17) is 16.3 Å². The van der Waals surface area contributed by atoms with Crippen molar-refractivity contribution in [3.8, 4) is 0 Å². The van der Waals surface area contributed by atoms with Gasteiger partial charge in [-0.2, -0.15) is 9.97 Å². The third-order valence-electron chi connectivity index (χ3n) is 5.30. The van der Waals surface area contributed by atoms with Gasteiger partial charge in [0, 0.05) is 11.8 Å². The summed E-state index contributed by atoms with van der Waals surface area (Å²) in [7, 11) is 0. The molecule has 4 aromatic rings. The van der Waals surface area contributed by atoms with Crippen LogP contribution in [0.3, 0.4) is 0 Å². The van der Waals surface area contributed by atoms with E-state index in [1.807, 2.05) is 25.1 Å². The fraction of sp³-hybridized carbons (Fsp3) is 0.400. The van der Waals surface area contributed by atoms with Crippen molar-refractivity contribution in [3.05, 3.63) is 35.9 Å². The Morgan fingerprint density at radius 3 is 2.82 bits per heavy atom. The van der Waals surface area contributed by atoms with E-state index in [1.54, 1.807) is 23.1 Å². The van der Waals surface area contributed by atoms with Gasteiger partial charge in [0.15, 0.2) is 27.5 Å². The van der Waals surface area contributed by atoms with Gasteiger partial charge in [-0.25, -0.2) is 9.97 Å². The number of imidazole rings is 1. The number of nitrogens with zero attached hydrogens (tertiary/aromatic N) is 5. The molecule has 3 aromatic heterocycles. The van der Waals surface area contributed by atoms with E-state index in [1.165, 1.54) is 10.9 Å². The first-order valence-corrected chi connectivity index (χ1v) is 12.4. The topological polar surface area (TPSA) is 138 Å². The Hall–Kier alpha value is -2.06. The summed E-state index contributed by atoms with van der Waals surface area (Å²) < 4.78 is 9.23. The number of fused-ring (bicyclic) bond motifs is 2. The van der Waals surface area contributed by atoms with Crippen LogP contribution in [0, 0.1) is 0 Å². The maximum Gasteiger partial charge on any atom is 0.226 e. The molecule has 10 nitrogen and oxygen atoms in total. The van der Waals surface area contributed by atoms with Crippen LogP contribution in [0.25, 0.3) is 21.4 Å². The number of para-hydroxylation sites is 1. The molecule has 2 unspecified atom stereocenters. The van der Waals surface area contributed by atoms with Crippen LogP contribution in [0.4, 0.5) is 5.82 Å². The quantitative estimate of drug-likeness (QED) is 0.217. The number of benzene rings is 1. The number of hydrogen-bond donors (Lipinski definition) is 4. The van der Waals surface area contributed by atoms with E-state index in [9.17, 15) is 15.3 Å². The summed E-state index contributed by atoms with van der Waals surface area (Å²) in [5, 5.41) is 33.1.